The Labute approximate surface area is 80.2 Å². The van der Waals surface area contributed by atoms with Crippen LogP contribution >= 0.6 is 0 Å². The standard InChI is InChI=1S/C4H3N5O6/c10-7(11)3-2(1-5-6-3)4(8(12)13)9(14)15/h1,4H,(H,5,6). The quantitative estimate of drug-likeness (QED) is 0.417. The summed E-state index contributed by atoms with van der Waals surface area (Å²) in [5.41, 5.74) is -0.685. The lowest BCUT2D eigenvalue weighted by Gasteiger charge is -1.98. The molecule has 0 fully saturated rings. The molecule has 0 bridgehead atoms. The van der Waals surface area contributed by atoms with Crippen LogP contribution in [0, 0.1) is 30.3 Å². The maximum absolute atomic E-state index is 10.3. The minimum absolute atomic E-state index is 0.685. The van der Waals surface area contributed by atoms with Gasteiger partial charge in [0, 0.05) is 0 Å². The Morgan fingerprint density at radius 2 is 1.73 bits per heavy atom. The molecule has 11 nitrogen and oxygen atoms in total. The SMILES string of the molecule is O=[N+]([O-])c1[nH]ncc1C([N+](=O)[O-])[N+](=O)[O-]. The third kappa shape index (κ3) is 1.84. The molecular formula is C4H3N5O6. The molecule has 0 amide bonds. The first-order chi connectivity index (χ1) is 6.95. The van der Waals surface area contributed by atoms with E-state index in [2.05, 4.69) is 5.10 Å². The van der Waals surface area contributed by atoms with Crippen LogP contribution in [-0.2, 0) is 0 Å². The van der Waals surface area contributed by atoms with E-state index >= 15 is 0 Å². The second-order valence-electron chi connectivity index (χ2n) is 2.38. The first-order valence-corrected chi connectivity index (χ1v) is 3.39. The number of nitrogens with one attached hydrogen (secondary N) is 1. The van der Waals surface area contributed by atoms with Crippen molar-refractivity contribution in [1.82, 2.24) is 10.2 Å². The summed E-state index contributed by atoms with van der Waals surface area (Å²) < 4.78 is 0. The van der Waals surface area contributed by atoms with Crippen molar-refractivity contribution in [2.45, 2.75) is 6.17 Å². The van der Waals surface area contributed by atoms with Crippen molar-refractivity contribution in [3.8, 4) is 0 Å². The summed E-state index contributed by atoms with van der Waals surface area (Å²) in [7, 11) is 0. The van der Waals surface area contributed by atoms with Crippen molar-refractivity contribution < 1.29 is 14.8 Å². The van der Waals surface area contributed by atoms with E-state index in [1.54, 1.807) is 0 Å². The minimum atomic E-state index is -2.39. The summed E-state index contributed by atoms with van der Waals surface area (Å²) >= 11 is 0. The number of nitro groups is 3. The average molecular weight is 217 g/mol. The first-order valence-electron chi connectivity index (χ1n) is 3.39. The topological polar surface area (TPSA) is 158 Å². The Bertz CT molecular complexity index is 411. The van der Waals surface area contributed by atoms with Gasteiger partial charge in [0.25, 0.3) is 0 Å². The van der Waals surface area contributed by atoms with Crippen molar-refractivity contribution >= 4 is 5.82 Å². The Morgan fingerprint density at radius 3 is 2.13 bits per heavy atom. The van der Waals surface area contributed by atoms with E-state index in [9.17, 15) is 30.3 Å². The van der Waals surface area contributed by atoms with E-state index in [0.717, 1.165) is 0 Å². The van der Waals surface area contributed by atoms with Gasteiger partial charge in [0.1, 0.15) is 9.85 Å². The predicted molar refractivity (Wildman–Crippen MR) is 42.0 cm³/mol. The largest absolute Gasteiger partial charge is 0.486 e. The van der Waals surface area contributed by atoms with Crippen LogP contribution in [0.25, 0.3) is 0 Å². The Hall–Kier alpha value is -2.59. The molecule has 0 saturated carbocycles. The van der Waals surface area contributed by atoms with Gasteiger partial charge in [0.05, 0.1) is 6.20 Å². The number of H-pyrrole nitrogens is 1. The summed E-state index contributed by atoms with van der Waals surface area (Å²) in [6.07, 6.45) is -1.70. The van der Waals surface area contributed by atoms with Gasteiger partial charge in [-0.15, -0.1) is 5.10 Å². The van der Waals surface area contributed by atoms with Gasteiger partial charge < -0.3 is 10.1 Å². The summed E-state index contributed by atoms with van der Waals surface area (Å²) in [6, 6.07) is 0. The monoisotopic (exact) mass is 217 g/mol. The molecule has 1 rings (SSSR count). The molecule has 1 heterocycles. The molecule has 0 aliphatic rings. The molecule has 1 N–H and O–H groups in total. The van der Waals surface area contributed by atoms with Crippen molar-refractivity contribution in [3.05, 3.63) is 42.1 Å². The van der Waals surface area contributed by atoms with Gasteiger partial charge in [-0.1, -0.05) is 5.10 Å². The van der Waals surface area contributed by atoms with Crippen molar-refractivity contribution in [3.63, 3.8) is 0 Å². The number of rotatable bonds is 4. The molecule has 0 saturated heterocycles. The van der Waals surface area contributed by atoms with Crippen LogP contribution in [0.1, 0.15) is 11.7 Å². The van der Waals surface area contributed by atoms with Crippen LogP contribution in [0.3, 0.4) is 0 Å². The van der Waals surface area contributed by atoms with Gasteiger partial charge in [-0.2, -0.15) is 0 Å². The average Bonchev–Trinajstić information content (AvgIpc) is 2.51. The number of aromatic amines is 1. The van der Waals surface area contributed by atoms with Gasteiger partial charge in [-0.3, -0.25) is 20.2 Å². The van der Waals surface area contributed by atoms with E-state index < -0.39 is 32.3 Å². The molecule has 0 aliphatic heterocycles. The molecule has 0 radical (unpaired) electrons. The van der Waals surface area contributed by atoms with Gasteiger partial charge in [-0.25, -0.2) is 0 Å². The number of hydrogen-bond donors (Lipinski definition) is 1. The van der Waals surface area contributed by atoms with Crippen LogP contribution in [0.15, 0.2) is 6.20 Å². The smallest absolute Gasteiger partial charge is 0.358 e. The maximum Gasteiger partial charge on any atom is 0.486 e. The van der Waals surface area contributed by atoms with Crippen LogP contribution in [0.5, 0.6) is 0 Å². The molecule has 0 aliphatic carbocycles. The van der Waals surface area contributed by atoms with Crippen LogP contribution in [0.2, 0.25) is 0 Å². The third-order valence-corrected chi connectivity index (χ3v) is 1.51. The lowest BCUT2D eigenvalue weighted by Crippen LogP contribution is -2.20. The van der Waals surface area contributed by atoms with Crippen LogP contribution in [0.4, 0.5) is 5.82 Å². The number of aromatic nitrogens is 2. The Balaban J connectivity index is 3.23. The molecule has 0 unspecified atom stereocenters. The summed E-state index contributed by atoms with van der Waals surface area (Å²) in [5.74, 6) is -0.853. The van der Waals surface area contributed by atoms with E-state index in [1.165, 1.54) is 0 Å². The zero-order valence-corrected chi connectivity index (χ0v) is 6.89. The summed E-state index contributed by atoms with van der Waals surface area (Å²) in [4.78, 5) is 27.5. The van der Waals surface area contributed by atoms with E-state index in [4.69, 9.17) is 0 Å². The Morgan fingerprint density at radius 1 is 1.20 bits per heavy atom. The van der Waals surface area contributed by atoms with Gasteiger partial charge in [-0.05, 0) is 4.92 Å². The Kier molecular flexibility index (Phi) is 2.55. The maximum atomic E-state index is 10.3. The molecule has 80 valence electrons. The predicted octanol–water partition coefficient (Wildman–Crippen LogP) is -0.130. The molecule has 0 spiro atoms. The number of nitrogens with zero attached hydrogens (tertiary/aromatic N) is 4. The highest BCUT2D eigenvalue weighted by Gasteiger charge is 2.42. The highest BCUT2D eigenvalue weighted by atomic mass is 16.7. The molecule has 15 heavy (non-hydrogen) atoms. The van der Waals surface area contributed by atoms with Crippen molar-refractivity contribution in [2.75, 3.05) is 0 Å². The highest BCUT2D eigenvalue weighted by molar-refractivity contribution is 5.30. The second-order valence-corrected chi connectivity index (χ2v) is 2.38. The molecule has 0 aromatic carbocycles. The summed E-state index contributed by atoms with van der Waals surface area (Å²) in [5, 5.41) is 35.9. The fraction of sp³-hybridized carbons (Fsp3) is 0.250. The van der Waals surface area contributed by atoms with Gasteiger partial charge >= 0.3 is 12.0 Å². The minimum Gasteiger partial charge on any atom is -0.358 e. The van der Waals surface area contributed by atoms with Crippen molar-refractivity contribution in [2.24, 2.45) is 0 Å². The van der Waals surface area contributed by atoms with Crippen molar-refractivity contribution in [1.29, 1.82) is 0 Å². The fourth-order valence-corrected chi connectivity index (χ4v) is 0.928. The van der Waals surface area contributed by atoms with Crippen LogP contribution < -0.4 is 0 Å². The fourth-order valence-electron chi connectivity index (χ4n) is 0.928. The molecule has 11 heteroatoms. The molecule has 1 aromatic heterocycles. The van der Waals surface area contributed by atoms with Crippen LogP contribution in [-0.4, -0.2) is 25.0 Å². The normalized spacial score (nSPS) is 10.2. The second kappa shape index (κ2) is 3.65. The molecule has 0 atom stereocenters. The van der Waals surface area contributed by atoms with E-state index in [1.807, 2.05) is 5.10 Å². The lowest BCUT2D eigenvalue weighted by molar-refractivity contribution is -0.753. The summed E-state index contributed by atoms with van der Waals surface area (Å²) in [6.45, 7) is 0. The first kappa shape index (κ1) is 10.5. The number of hydrogen-bond acceptors (Lipinski definition) is 7. The molecule has 1 aromatic rings. The molecular weight excluding hydrogens is 214 g/mol. The van der Waals surface area contributed by atoms with E-state index in [0.29, 0.717) is 6.20 Å². The zero-order chi connectivity index (χ0) is 11.6. The highest BCUT2D eigenvalue weighted by Crippen LogP contribution is 2.24. The zero-order valence-electron chi connectivity index (χ0n) is 6.89. The van der Waals surface area contributed by atoms with E-state index in [-0.39, 0.29) is 0 Å². The third-order valence-electron chi connectivity index (χ3n) is 1.51. The van der Waals surface area contributed by atoms with Gasteiger partial charge in [0.2, 0.25) is 5.56 Å². The lowest BCUT2D eigenvalue weighted by atomic mass is 10.3. The van der Waals surface area contributed by atoms with Gasteiger partial charge in [0.15, 0.2) is 0 Å².